The third-order valence-corrected chi connectivity index (χ3v) is 3.09. The first-order chi connectivity index (χ1) is 10.1. The van der Waals surface area contributed by atoms with Crippen LogP contribution in [-0.4, -0.2) is 11.7 Å². The van der Waals surface area contributed by atoms with Crippen LogP contribution in [0.3, 0.4) is 0 Å². The maximum absolute atomic E-state index is 13.2. The molecule has 1 unspecified atom stereocenters. The summed E-state index contributed by atoms with van der Waals surface area (Å²) in [6.45, 7) is 2.55. The van der Waals surface area contributed by atoms with Crippen LogP contribution in [0.5, 0.6) is 5.75 Å². The Balaban J connectivity index is 2.17. The quantitative estimate of drug-likeness (QED) is 0.871. The average Bonchev–Trinajstić information content (AvgIpc) is 2.44. The monoisotopic (exact) mass is 292 g/mol. The number of rotatable bonds is 6. The summed E-state index contributed by atoms with van der Waals surface area (Å²) >= 11 is 0. The lowest BCUT2D eigenvalue weighted by molar-refractivity contribution is 0.171. The highest BCUT2D eigenvalue weighted by Crippen LogP contribution is 2.28. The second kappa shape index (κ2) is 7.18. The summed E-state index contributed by atoms with van der Waals surface area (Å²) in [5, 5.41) is 10.3. The molecule has 0 saturated heterocycles. The van der Waals surface area contributed by atoms with Crippen LogP contribution in [0, 0.1) is 11.6 Å². The van der Waals surface area contributed by atoms with Gasteiger partial charge in [-0.15, -0.1) is 0 Å². The molecule has 0 aliphatic carbocycles. The molecule has 2 aromatic rings. The first kappa shape index (κ1) is 15.4. The number of hydrogen-bond donors (Lipinski definition) is 1. The van der Waals surface area contributed by atoms with Crippen LogP contribution < -0.4 is 4.74 Å². The molecule has 2 nitrogen and oxygen atoms in total. The minimum atomic E-state index is -0.876. The SMILES string of the molecule is CCCOc1ccccc1C(O)Cc1cc(F)cc(F)c1. The normalized spacial score (nSPS) is 12.2. The molecule has 0 fully saturated rings. The second-order valence-electron chi connectivity index (χ2n) is 4.88. The fourth-order valence-corrected chi connectivity index (χ4v) is 2.16. The van der Waals surface area contributed by atoms with Gasteiger partial charge in [0.25, 0.3) is 0 Å². The van der Waals surface area contributed by atoms with E-state index in [1.807, 2.05) is 13.0 Å². The number of halogens is 2. The van der Waals surface area contributed by atoms with Gasteiger partial charge in [-0.3, -0.25) is 0 Å². The van der Waals surface area contributed by atoms with E-state index in [0.717, 1.165) is 12.5 Å². The van der Waals surface area contributed by atoms with E-state index in [-0.39, 0.29) is 6.42 Å². The summed E-state index contributed by atoms with van der Waals surface area (Å²) in [5.74, 6) is -0.691. The Morgan fingerprint density at radius 3 is 2.43 bits per heavy atom. The maximum Gasteiger partial charge on any atom is 0.126 e. The molecule has 0 aromatic heterocycles. The Morgan fingerprint density at radius 1 is 1.10 bits per heavy atom. The van der Waals surface area contributed by atoms with Gasteiger partial charge in [0, 0.05) is 18.1 Å². The van der Waals surface area contributed by atoms with Crippen molar-refractivity contribution in [1.29, 1.82) is 0 Å². The van der Waals surface area contributed by atoms with E-state index in [0.29, 0.717) is 23.5 Å². The molecule has 0 aliphatic rings. The van der Waals surface area contributed by atoms with Crippen LogP contribution in [0.2, 0.25) is 0 Å². The average molecular weight is 292 g/mol. The molecule has 0 radical (unpaired) electrons. The van der Waals surface area contributed by atoms with Crippen molar-refractivity contribution in [3.8, 4) is 5.75 Å². The van der Waals surface area contributed by atoms with Gasteiger partial charge in [-0.2, -0.15) is 0 Å². The molecule has 0 aliphatic heterocycles. The van der Waals surface area contributed by atoms with Crippen LogP contribution >= 0.6 is 0 Å². The van der Waals surface area contributed by atoms with Gasteiger partial charge in [-0.1, -0.05) is 25.1 Å². The van der Waals surface area contributed by atoms with E-state index in [9.17, 15) is 13.9 Å². The van der Waals surface area contributed by atoms with Crippen LogP contribution in [0.4, 0.5) is 8.78 Å². The zero-order chi connectivity index (χ0) is 15.2. The lowest BCUT2D eigenvalue weighted by Gasteiger charge is -2.16. The number of benzene rings is 2. The molecule has 21 heavy (non-hydrogen) atoms. The van der Waals surface area contributed by atoms with Crippen molar-refractivity contribution in [1.82, 2.24) is 0 Å². The van der Waals surface area contributed by atoms with Crippen LogP contribution in [0.25, 0.3) is 0 Å². The Morgan fingerprint density at radius 2 is 1.76 bits per heavy atom. The van der Waals surface area contributed by atoms with E-state index < -0.39 is 17.7 Å². The first-order valence-corrected chi connectivity index (χ1v) is 6.95. The Hall–Kier alpha value is -1.94. The van der Waals surface area contributed by atoms with Crippen molar-refractivity contribution in [3.63, 3.8) is 0 Å². The fraction of sp³-hybridized carbons (Fsp3) is 0.294. The maximum atomic E-state index is 13.2. The third-order valence-electron chi connectivity index (χ3n) is 3.09. The molecule has 112 valence electrons. The van der Waals surface area contributed by atoms with Gasteiger partial charge in [0.05, 0.1) is 12.7 Å². The number of ether oxygens (including phenoxy) is 1. The van der Waals surface area contributed by atoms with Crippen molar-refractivity contribution < 1.29 is 18.6 Å². The fourth-order valence-electron chi connectivity index (χ4n) is 2.16. The molecule has 2 aromatic carbocycles. The molecule has 0 spiro atoms. The zero-order valence-corrected chi connectivity index (χ0v) is 11.9. The smallest absolute Gasteiger partial charge is 0.126 e. The molecular formula is C17H18F2O2. The highest BCUT2D eigenvalue weighted by Gasteiger charge is 2.14. The Bertz CT molecular complexity index is 579. The summed E-state index contributed by atoms with van der Waals surface area (Å²) in [7, 11) is 0. The molecule has 0 heterocycles. The summed E-state index contributed by atoms with van der Waals surface area (Å²) < 4.78 is 31.9. The zero-order valence-electron chi connectivity index (χ0n) is 11.9. The molecule has 0 amide bonds. The molecule has 4 heteroatoms. The first-order valence-electron chi connectivity index (χ1n) is 6.95. The van der Waals surface area contributed by atoms with Crippen molar-refractivity contribution in [2.45, 2.75) is 25.9 Å². The lowest BCUT2D eigenvalue weighted by atomic mass is 10.0. The van der Waals surface area contributed by atoms with E-state index in [1.54, 1.807) is 18.2 Å². The molecule has 1 N–H and O–H groups in total. The van der Waals surface area contributed by atoms with Gasteiger partial charge in [0.2, 0.25) is 0 Å². The van der Waals surface area contributed by atoms with Crippen LogP contribution in [0.1, 0.15) is 30.6 Å². The van der Waals surface area contributed by atoms with Gasteiger partial charge in [0.15, 0.2) is 0 Å². The number of aliphatic hydroxyl groups is 1. The second-order valence-corrected chi connectivity index (χ2v) is 4.88. The number of aliphatic hydroxyl groups excluding tert-OH is 1. The summed E-state index contributed by atoms with van der Waals surface area (Å²) in [4.78, 5) is 0. The van der Waals surface area contributed by atoms with Crippen molar-refractivity contribution in [2.24, 2.45) is 0 Å². The highest BCUT2D eigenvalue weighted by atomic mass is 19.1. The summed E-state index contributed by atoms with van der Waals surface area (Å²) in [5.41, 5.74) is 1.03. The number of hydrogen-bond acceptors (Lipinski definition) is 2. The van der Waals surface area contributed by atoms with Crippen LogP contribution in [-0.2, 0) is 6.42 Å². The van der Waals surface area contributed by atoms with Gasteiger partial charge < -0.3 is 9.84 Å². The minimum Gasteiger partial charge on any atom is -0.493 e. The summed E-state index contributed by atoms with van der Waals surface area (Å²) in [6.07, 6.45) is 0.111. The van der Waals surface area contributed by atoms with Crippen molar-refractivity contribution in [3.05, 3.63) is 65.2 Å². The van der Waals surface area contributed by atoms with E-state index in [4.69, 9.17) is 4.74 Å². The van der Waals surface area contributed by atoms with Crippen molar-refractivity contribution >= 4 is 0 Å². The van der Waals surface area contributed by atoms with Crippen LogP contribution in [0.15, 0.2) is 42.5 Å². The molecule has 2 rings (SSSR count). The Labute approximate surface area is 123 Å². The van der Waals surface area contributed by atoms with Crippen molar-refractivity contribution in [2.75, 3.05) is 6.61 Å². The highest BCUT2D eigenvalue weighted by molar-refractivity contribution is 5.36. The molecule has 1 atom stereocenters. The summed E-state index contributed by atoms with van der Waals surface area (Å²) in [6, 6.07) is 10.4. The Kier molecular flexibility index (Phi) is 5.28. The van der Waals surface area contributed by atoms with Gasteiger partial charge >= 0.3 is 0 Å². The van der Waals surface area contributed by atoms with E-state index in [2.05, 4.69) is 0 Å². The molecular weight excluding hydrogens is 274 g/mol. The minimum absolute atomic E-state index is 0.126. The van der Waals surface area contributed by atoms with Gasteiger partial charge in [0.1, 0.15) is 17.4 Å². The topological polar surface area (TPSA) is 29.5 Å². The number of para-hydroxylation sites is 1. The van der Waals surface area contributed by atoms with E-state index >= 15 is 0 Å². The predicted octanol–water partition coefficient (Wildman–Crippen LogP) is 4.03. The molecule has 0 bridgehead atoms. The standard InChI is InChI=1S/C17H18F2O2/c1-2-7-21-17-6-4-3-5-15(17)16(20)10-12-8-13(18)11-14(19)9-12/h3-6,8-9,11,16,20H,2,7,10H2,1H3. The predicted molar refractivity (Wildman–Crippen MR) is 77.2 cm³/mol. The van der Waals surface area contributed by atoms with E-state index in [1.165, 1.54) is 12.1 Å². The lowest BCUT2D eigenvalue weighted by Crippen LogP contribution is -2.06. The largest absolute Gasteiger partial charge is 0.493 e. The molecule has 0 saturated carbocycles. The van der Waals surface area contributed by atoms with Gasteiger partial charge in [-0.25, -0.2) is 8.78 Å². The van der Waals surface area contributed by atoms with Gasteiger partial charge in [-0.05, 0) is 30.2 Å². The third kappa shape index (κ3) is 4.26.